The Labute approximate surface area is 231 Å². The van der Waals surface area contributed by atoms with Crippen molar-refractivity contribution in [3.05, 3.63) is 75.2 Å². The highest BCUT2D eigenvalue weighted by atomic mass is 32.2. The Morgan fingerprint density at radius 1 is 0.950 bits per heavy atom. The number of thiophene rings is 1. The summed E-state index contributed by atoms with van der Waals surface area (Å²) >= 11 is 0.753. The van der Waals surface area contributed by atoms with Crippen LogP contribution in [0.3, 0.4) is 0 Å². The fraction of sp³-hybridized carbons (Fsp3) is 0.192. The predicted octanol–water partition coefficient (Wildman–Crippen LogP) is 2.13. The van der Waals surface area contributed by atoms with Gasteiger partial charge in [0.1, 0.15) is 11.6 Å². The first kappa shape index (κ1) is 28.6. The van der Waals surface area contributed by atoms with Crippen molar-refractivity contribution in [3.8, 4) is 0 Å². The van der Waals surface area contributed by atoms with E-state index in [0.717, 1.165) is 17.4 Å². The minimum Gasteiger partial charge on any atom is -0.460 e. The molecule has 1 aliphatic heterocycles. The zero-order valence-corrected chi connectivity index (χ0v) is 22.8. The van der Waals surface area contributed by atoms with Gasteiger partial charge >= 0.3 is 11.9 Å². The highest BCUT2D eigenvalue weighted by Crippen LogP contribution is 2.35. The maximum Gasteiger partial charge on any atom is 0.341 e. The molecule has 0 saturated heterocycles. The van der Waals surface area contributed by atoms with Gasteiger partial charge in [0.25, 0.3) is 11.8 Å². The van der Waals surface area contributed by atoms with E-state index in [1.807, 2.05) is 0 Å². The van der Waals surface area contributed by atoms with E-state index in [4.69, 9.17) is 19.9 Å². The lowest BCUT2D eigenvalue weighted by atomic mass is 10.0. The molecule has 2 heterocycles. The Morgan fingerprint density at radius 2 is 1.65 bits per heavy atom. The van der Waals surface area contributed by atoms with E-state index >= 15 is 0 Å². The van der Waals surface area contributed by atoms with Crippen molar-refractivity contribution in [1.29, 1.82) is 0 Å². The van der Waals surface area contributed by atoms with Gasteiger partial charge in [-0.2, -0.15) is 0 Å². The Balaban J connectivity index is 1.50. The molecule has 0 atom stereocenters. The SMILES string of the molecule is COCCOC(=O)c1c(NC(=O)COC(=O)c2ccc3c(c2)S(=O)(=O)c2ccccc2C3=O)sc(C(N)=O)c1C. The van der Waals surface area contributed by atoms with Gasteiger partial charge in [-0.1, -0.05) is 12.1 Å². The van der Waals surface area contributed by atoms with Crippen LogP contribution in [0.4, 0.5) is 5.00 Å². The third-order valence-electron chi connectivity index (χ3n) is 5.86. The number of hydrogen-bond donors (Lipinski definition) is 2. The number of ketones is 1. The van der Waals surface area contributed by atoms with Crippen molar-refractivity contribution in [2.45, 2.75) is 16.7 Å². The molecule has 0 fully saturated rings. The predicted molar refractivity (Wildman–Crippen MR) is 140 cm³/mol. The molecule has 14 heteroatoms. The molecule has 12 nitrogen and oxygen atoms in total. The fourth-order valence-corrected chi connectivity index (χ4v) is 6.70. The Morgan fingerprint density at radius 3 is 2.35 bits per heavy atom. The van der Waals surface area contributed by atoms with Gasteiger partial charge in [0, 0.05) is 18.2 Å². The quantitative estimate of drug-likeness (QED) is 0.217. The number of sulfone groups is 1. The number of methoxy groups -OCH3 is 1. The van der Waals surface area contributed by atoms with Crippen LogP contribution < -0.4 is 11.1 Å². The van der Waals surface area contributed by atoms with Crippen LogP contribution in [-0.2, 0) is 28.8 Å². The van der Waals surface area contributed by atoms with E-state index in [0.29, 0.717) is 0 Å². The topological polar surface area (TPSA) is 185 Å². The van der Waals surface area contributed by atoms with Gasteiger partial charge in [0.2, 0.25) is 9.84 Å². The molecule has 208 valence electrons. The van der Waals surface area contributed by atoms with Gasteiger partial charge < -0.3 is 25.3 Å². The number of rotatable bonds is 9. The summed E-state index contributed by atoms with van der Waals surface area (Å²) in [5.74, 6) is -4.02. The second-order valence-electron chi connectivity index (χ2n) is 8.42. The number of carbonyl (C=O) groups excluding carboxylic acids is 5. The van der Waals surface area contributed by atoms with E-state index in [9.17, 15) is 32.4 Å². The van der Waals surface area contributed by atoms with Crippen LogP contribution in [0.2, 0.25) is 0 Å². The third kappa shape index (κ3) is 5.36. The maximum absolute atomic E-state index is 13.1. The molecular formula is C26H22N2O10S2. The van der Waals surface area contributed by atoms with Crippen molar-refractivity contribution in [1.82, 2.24) is 0 Å². The molecular weight excluding hydrogens is 564 g/mol. The van der Waals surface area contributed by atoms with E-state index < -0.39 is 46.0 Å². The molecule has 2 amide bonds. The molecule has 0 aliphatic carbocycles. The number of fused-ring (bicyclic) bond motifs is 2. The summed E-state index contributed by atoms with van der Waals surface area (Å²) in [6, 6.07) is 9.20. The number of primary amides is 1. The number of hydrogen-bond acceptors (Lipinski definition) is 11. The number of benzene rings is 2. The molecule has 3 N–H and O–H groups in total. The second kappa shape index (κ2) is 11.4. The first-order chi connectivity index (χ1) is 19.0. The highest BCUT2D eigenvalue weighted by Gasteiger charge is 2.35. The zero-order valence-electron chi connectivity index (χ0n) is 21.1. The lowest BCUT2D eigenvalue weighted by molar-refractivity contribution is -0.119. The average molecular weight is 587 g/mol. The van der Waals surface area contributed by atoms with Crippen LogP contribution in [0, 0.1) is 6.92 Å². The Bertz CT molecular complexity index is 1670. The standard InChI is InChI=1S/C26H22N2O10S2/c1-13-20(26(33)37-10-9-36-2)24(39-22(13)23(27)31)28-19(29)12-38-25(32)14-7-8-16-18(11-14)40(34,35)17-6-4-3-5-15(17)21(16)30/h3-8,11H,9-10,12H2,1-2H3,(H2,27,31)(H,28,29). The van der Waals surface area contributed by atoms with Crippen LogP contribution in [0.25, 0.3) is 0 Å². The number of nitrogens with two attached hydrogens (primary N) is 1. The van der Waals surface area contributed by atoms with Crippen LogP contribution in [0.1, 0.15) is 51.9 Å². The normalized spacial score (nSPS) is 13.1. The minimum atomic E-state index is -4.09. The van der Waals surface area contributed by atoms with Gasteiger partial charge in [0.15, 0.2) is 12.4 Å². The van der Waals surface area contributed by atoms with Crippen LogP contribution in [-0.4, -0.2) is 64.9 Å². The number of nitrogens with one attached hydrogen (secondary N) is 1. The molecule has 0 unspecified atom stereocenters. The van der Waals surface area contributed by atoms with Gasteiger partial charge in [-0.25, -0.2) is 18.0 Å². The van der Waals surface area contributed by atoms with Crippen molar-refractivity contribution in [3.63, 3.8) is 0 Å². The molecule has 0 bridgehead atoms. The van der Waals surface area contributed by atoms with Gasteiger partial charge in [-0.05, 0) is 42.8 Å². The maximum atomic E-state index is 13.1. The van der Waals surface area contributed by atoms with E-state index in [2.05, 4.69) is 5.32 Å². The van der Waals surface area contributed by atoms with Gasteiger partial charge in [-0.15, -0.1) is 11.3 Å². The Hall–Kier alpha value is -4.40. The number of amides is 2. The van der Waals surface area contributed by atoms with Crippen LogP contribution in [0.15, 0.2) is 52.3 Å². The molecule has 3 aromatic rings. The first-order valence-electron chi connectivity index (χ1n) is 11.6. The Kier molecular flexibility index (Phi) is 8.13. The zero-order chi connectivity index (χ0) is 29.2. The molecule has 0 spiro atoms. The molecule has 1 aromatic heterocycles. The summed E-state index contributed by atoms with van der Waals surface area (Å²) < 4.78 is 41.1. The first-order valence-corrected chi connectivity index (χ1v) is 13.9. The lowest BCUT2D eigenvalue weighted by Gasteiger charge is -2.19. The summed E-state index contributed by atoms with van der Waals surface area (Å²) in [7, 11) is -2.67. The molecule has 2 aromatic carbocycles. The smallest absolute Gasteiger partial charge is 0.341 e. The number of anilines is 1. The fourth-order valence-electron chi connectivity index (χ4n) is 3.96. The summed E-state index contributed by atoms with van der Waals surface area (Å²) in [6.07, 6.45) is 0. The van der Waals surface area contributed by atoms with E-state index in [-0.39, 0.29) is 60.7 Å². The van der Waals surface area contributed by atoms with Crippen molar-refractivity contribution < 1.29 is 46.6 Å². The van der Waals surface area contributed by atoms with Crippen LogP contribution in [0.5, 0.6) is 0 Å². The third-order valence-corrected chi connectivity index (χ3v) is 8.93. The monoisotopic (exact) mass is 586 g/mol. The molecule has 1 aliphatic rings. The minimum absolute atomic E-state index is 0.0253. The van der Waals surface area contributed by atoms with Crippen LogP contribution >= 0.6 is 11.3 Å². The van der Waals surface area contributed by atoms with Crippen molar-refractivity contribution in [2.75, 3.05) is 32.2 Å². The number of ether oxygens (including phenoxy) is 3. The van der Waals surface area contributed by atoms with E-state index in [1.54, 1.807) is 6.07 Å². The molecule has 4 rings (SSSR count). The molecule has 0 saturated carbocycles. The molecule has 0 radical (unpaired) electrons. The summed E-state index contributed by atoms with van der Waals surface area (Å²) in [4.78, 5) is 61.9. The average Bonchev–Trinajstić information content (AvgIpc) is 3.26. The summed E-state index contributed by atoms with van der Waals surface area (Å²) in [5.41, 5.74) is 5.24. The highest BCUT2D eigenvalue weighted by molar-refractivity contribution is 7.91. The van der Waals surface area contributed by atoms with E-state index in [1.165, 1.54) is 44.4 Å². The second-order valence-corrected chi connectivity index (χ2v) is 11.3. The van der Waals surface area contributed by atoms with Gasteiger partial charge in [0.05, 0.1) is 32.4 Å². The number of esters is 2. The number of carbonyl (C=O) groups is 5. The summed E-state index contributed by atoms with van der Waals surface area (Å²) in [6.45, 7) is 0.701. The van der Waals surface area contributed by atoms with Gasteiger partial charge in [-0.3, -0.25) is 14.4 Å². The lowest BCUT2D eigenvalue weighted by Crippen LogP contribution is -2.23. The van der Waals surface area contributed by atoms with Crippen molar-refractivity contribution in [2.24, 2.45) is 5.73 Å². The van der Waals surface area contributed by atoms with Crippen molar-refractivity contribution >= 4 is 55.7 Å². The largest absolute Gasteiger partial charge is 0.460 e. The molecule has 40 heavy (non-hydrogen) atoms. The summed E-state index contributed by atoms with van der Waals surface area (Å²) in [5, 5.41) is 2.37.